The number of carbonyl (C=O) groups is 1. The van der Waals surface area contributed by atoms with Crippen molar-refractivity contribution in [2.45, 2.75) is 51.7 Å². The number of likely N-dealkylation sites (tertiary alicyclic amines) is 2. The summed E-state index contributed by atoms with van der Waals surface area (Å²) in [5.41, 5.74) is -0.318. The van der Waals surface area contributed by atoms with E-state index in [9.17, 15) is 18.7 Å². The monoisotopic (exact) mass is 507 g/mol. The van der Waals surface area contributed by atoms with E-state index in [0.29, 0.717) is 37.4 Å². The van der Waals surface area contributed by atoms with Gasteiger partial charge in [0.15, 0.2) is 0 Å². The van der Waals surface area contributed by atoms with Gasteiger partial charge in [-0.25, -0.2) is 8.78 Å². The molecule has 1 N–H and O–H groups in total. The Hall–Kier alpha value is -2.09. The van der Waals surface area contributed by atoms with E-state index in [4.69, 9.17) is 0 Å². The summed E-state index contributed by atoms with van der Waals surface area (Å²) in [7, 11) is 0. The summed E-state index contributed by atoms with van der Waals surface area (Å²) in [6.45, 7) is 11.9. The molecular formula is C27H36ClF2N3O2. The fraction of sp³-hybridized carbons (Fsp3) is 0.556. The van der Waals surface area contributed by atoms with Crippen molar-refractivity contribution in [3.05, 3.63) is 65.5 Å². The first-order valence-electron chi connectivity index (χ1n) is 12.1. The zero-order valence-corrected chi connectivity index (χ0v) is 21.9. The largest absolute Gasteiger partial charge is 0.383 e. The predicted octanol–water partition coefficient (Wildman–Crippen LogP) is 4.60. The number of aromatic nitrogens is 1. The van der Waals surface area contributed by atoms with Crippen molar-refractivity contribution in [3.63, 3.8) is 0 Å². The second-order valence-electron chi connectivity index (χ2n) is 11.0. The minimum atomic E-state index is -1.13. The maximum absolute atomic E-state index is 14.8. The van der Waals surface area contributed by atoms with Crippen LogP contribution in [-0.2, 0) is 10.4 Å². The van der Waals surface area contributed by atoms with Crippen LogP contribution in [0.25, 0.3) is 0 Å². The number of nitrogens with zero attached hydrogens (tertiary/aromatic N) is 3. The van der Waals surface area contributed by atoms with Crippen LogP contribution in [0.5, 0.6) is 0 Å². The van der Waals surface area contributed by atoms with Gasteiger partial charge in [0.25, 0.3) is 0 Å². The third-order valence-corrected chi connectivity index (χ3v) is 7.83. The van der Waals surface area contributed by atoms with Crippen molar-refractivity contribution in [1.29, 1.82) is 0 Å². The number of halogens is 3. The van der Waals surface area contributed by atoms with Crippen LogP contribution in [-0.4, -0.2) is 57.5 Å². The summed E-state index contributed by atoms with van der Waals surface area (Å²) >= 11 is 0. The molecule has 0 aliphatic carbocycles. The topological polar surface area (TPSA) is 56.7 Å². The lowest BCUT2D eigenvalue weighted by Crippen LogP contribution is -2.57. The molecule has 0 unspecified atom stereocenters. The lowest BCUT2D eigenvalue weighted by atomic mass is 9.72. The van der Waals surface area contributed by atoms with E-state index in [0.717, 1.165) is 6.07 Å². The van der Waals surface area contributed by atoms with Gasteiger partial charge in [-0.2, -0.15) is 0 Å². The van der Waals surface area contributed by atoms with Gasteiger partial charge in [-0.15, -0.1) is 12.4 Å². The first kappa shape index (κ1) is 27.5. The Morgan fingerprint density at radius 1 is 1.06 bits per heavy atom. The van der Waals surface area contributed by atoms with Gasteiger partial charge < -0.3 is 10.0 Å². The van der Waals surface area contributed by atoms with E-state index in [1.54, 1.807) is 6.20 Å². The van der Waals surface area contributed by atoms with E-state index in [1.807, 2.05) is 36.9 Å². The number of pyridine rings is 1. The Kier molecular flexibility index (Phi) is 7.94. The molecule has 2 saturated heterocycles. The van der Waals surface area contributed by atoms with Crippen LogP contribution in [0.4, 0.5) is 8.78 Å². The van der Waals surface area contributed by atoms with Gasteiger partial charge in [0.2, 0.25) is 5.91 Å². The molecule has 4 rings (SSSR count). The summed E-state index contributed by atoms with van der Waals surface area (Å²) in [6, 6.07) is 9.14. The molecule has 2 aliphatic rings. The van der Waals surface area contributed by atoms with Crippen molar-refractivity contribution in [3.8, 4) is 0 Å². The zero-order chi connectivity index (χ0) is 24.8. The Morgan fingerprint density at radius 2 is 1.71 bits per heavy atom. The van der Waals surface area contributed by atoms with Crippen molar-refractivity contribution >= 4 is 18.3 Å². The average Bonchev–Trinajstić information content (AvgIpc) is 3.23. The normalized spacial score (nSPS) is 29.7. The number of rotatable bonds is 3. The van der Waals surface area contributed by atoms with E-state index in [2.05, 4.69) is 30.7 Å². The average molecular weight is 508 g/mol. The SMILES string of the molecule is C[C@@H]1CN(C(=O)[C@@H]2CN(C(C)(C)C)C[C@H]2c2ccc(F)cc2F)C[C@H](C)[C@]1(O)c1ccccn1.Cl. The van der Waals surface area contributed by atoms with Gasteiger partial charge in [0.1, 0.15) is 17.2 Å². The van der Waals surface area contributed by atoms with E-state index in [-0.39, 0.29) is 41.6 Å². The highest BCUT2D eigenvalue weighted by molar-refractivity contribution is 5.85. The quantitative estimate of drug-likeness (QED) is 0.660. The molecule has 5 atom stereocenters. The Labute approximate surface area is 212 Å². The van der Waals surface area contributed by atoms with Crippen LogP contribution in [0.3, 0.4) is 0 Å². The third-order valence-electron chi connectivity index (χ3n) is 7.83. The number of benzene rings is 1. The molecule has 1 aromatic heterocycles. The molecule has 8 heteroatoms. The van der Waals surface area contributed by atoms with Gasteiger partial charge in [0, 0.05) is 61.7 Å². The molecule has 2 fully saturated rings. The maximum Gasteiger partial charge on any atom is 0.227 e. The van der Waals surface area contributed by atoms with Crippen molar-refractivity contribution < 1.29 is 18.7 Å². The molecule has 0 bridgehead atoms. The van der Waals surface area contributed by atoms with Gasteiger partial charge in [-0.1, -0.05) is 26.0 Å². The number of hydrogen-bond acceptors (Lipinski definition) is 4. The van der Waals surface area contributed by atoms with E-state index in [1.165, 1.54) is 12.1 Å². The number of aliphatic hydroxyl groups is 1. The lowest BCUT2D eigenvalue weighted by molar-refractivity contribution is -0.153. The van der Waals surface area contributed by atoms with Crippen LogP contribution < -0.4 is 0 Å². The van der Waals surface area contributed by atoms with Crippen LogP contribution >= 0.6 is 12.4 Å². The molecule has 2 aromatic rings. The lowest BCUT2D eigenvalue weighted by Gasteiger charge is -2.48. The fourth-order valence-corrected chi connectivity index (χ4v) is 5.74. The second-order valence-corrected chi connectivity index (χ2v) is 11.0. The van der Waals surface area contributed by atoms with Crippen molar-refractivity contribution in [2.24, 2.45) is 17.8 Å². The fourth-order valence-electron chi connectivity index (χ4n) is 5.74. The summed E-state index contributed by atoms with van der Waals surface area (Å²) in [4.78, 5) is 22.3. The summed E-state index contributed by atoms with van der Waals surface area (Å²) in [5, 5.41) is 11.6. The molecule has 0 radical (unpaired) electrons. The molecule has 0 spiro atoms. The van der Waals surface area contributed by atoms with Crippen molar-refractivity contribution in [1.82, 2.24) is 14.8 Å². The molecular weight excluding hydrogens is 472 g/mol. The van der Waals surface area contributed by atoms with Gasteiger partial charge in [-0.3, -0.25) is 14.7 Å². The van der Waals surface area contributed by atoms with Gasteiger partial charge in [0.05, 0.1) is 11.6 Å². The van der Waals surface area contributed by atoms with Crippen LogP contribution in [0.1, 0.15) is 51.8 Å². The van der Waals surface area contributed by atoms with E-state index < -0.39 is 23.2 Å². The standard InChI is InChI=1S/C27H35F2N3O2.ClH/c1-17-13-31(14-18(2)27(17,34)24-8-6-7-11-30-24)25(33)22-16-32(26(3,4)5)15-21(22)20-10-9-19(28)12-23(20)29;/h6-12,17-18,21-22,34H,13-16H2,1-5H3;1H/t17-,18+,21-,22+,27+;/m0./s1. The molecule has 35 heavy (non-hydrogen) atoms. The first-order valence-corrected chi connectivity index (χ1v) is 12.1. The molecule has 1 amide bonds. The minimum absolute atomic E-state index is 0. The Morgan fingerprint density at radius 3 is 2.26 bits per heavy atom. The zero-order valence-electron chi connectivity index (χ0n) is 21.0. The van der Waals surface area contributed by atoms with Crippen molar-refractivity contribution in [2.75, 3.05) is 26.2 Å². The highest BCUT2D eigenvalue weighted by Gasteiger charge is 2.50. The smallest absolute Gasteiger partial charge is 0.227 e. The minimum Gasteiger partial charge on any atom is -0.383 e. The first-order chi connectivity index (χ1) is 15.9. The highest BCUT2D eigenvalue weighted by Crippen LogP contribution is 2.43. The molecule has 1 aromatic carbocycles. The molecule has 2 aliphatic heterocycles. The highest BCUT2D eigenvalue weighted by atomic mass is 35.5. The van der Waals surface area contributed by atoms with Gasteiger partial charge in [-0.05, 0) is 44.5 Å². The number of hydrogen-bond donors (Lipinski definition) is 1. The number of carbonyl (C=O) groups excluding carboxylic acids is 1. The molecule has 192 valence electrons. The van der Waals surface area contributed by atoms with Crippen LogP contribution in [0.2, 0.25) is 0 Å². The van der Waals surface area contributed by atoms with Gasteiger partial charge >= 0.3 is 0 Å². The predicted molar refractivity (Wildman–Crippen MR) is 134 cm³/mol. The number of amides is 1. The number of piperidine rings is 1. The summed E-state index contributed by atoms with van der Waals surface area (Å²) in [5.74, 6) is -2.53. The maximum atomic E-state index is 14.8. The van der Waals surface area contributed by atoms with Crippen LogP contribution in [0.15, 0.2) is 42.6 Å². The summed E-state index contributed by atoms with van der Waals surface area (Å²) < 4.78 is 28.4. The second kappa shape index (κ2) is 10.1. The van der Waals surface area contributed by atoms with E-state index >= 15 is 0 Å². The Balaban J connectivity index is 0.00000342. The molecule has 5 nitrogen and oxygen atoms in total. The Bertz CT molecular complexity index is 1030. The molecule has 0 saturated carbocycles. The molecule has 3 heterocycles. The summed E-state index contributed by atoms with van der Waals surface area (Å²) in [6.07, 6.45) is 1.67. The van der Waals surface area contributed by atoms with Crippen LogP contribution in [0, 0.1) is 29.4 Å². The third kappa shape index (κ3) is 5.09.